The van der Waals surface area contributed by atoms with E-state index in [9.17, 15) is 0 Å². The summed E-state index contributed by atoms with van der Waals surface area (Å²) < 4.78 is 5.72. The summed E-state index contributed by atoms with van der Waals surface area (Å²) in [5.41, 5.74) is 0. The van der Waals surface area contributed by atoms with Gasteiger partial charge in [-0.05, 0) is 25.1 Å². The van der Waals surface area contributed by atoms with Crippen LogP contribution in [-0.2, 0) is 0 Å². The number of rotatable bonds is 6. The Morgan fingerprint density at radius 2 is 1.81 bits per heavy atom. The zero-order valence-corrected chi connectivity index (χ0v) is 15.2. The van der Waals surface area contributed by atoms with Gasteiger partial charge in [0.1, 0.15) is 12.4 Å². The maximum Gasteiger partial charge on any atom is 0.225 e. The Morgan fingerprint density at radius 1 is 1.08 bits per heavy atom. The zero-order valence-electron chi connectivity index (χ0n) is 15.2. The molecule has 0 unspecified atom stereocenters. The molecule has 0 spiro atoms. The fourth-order valence-electron chi connectivity index (χ4n) is 2.83. The first-order valence-corrected chi connectivity index (χ1v) is 9.10. The fourth-order valence-corrected chi connectivity index (χ4v) is 2.83. The van der Waals surface area contributed by atoms with Crippen LogP contribution in [0.4, 0.5) is 5.95 Å². The van der Waals surface area contributed by atoms with Crippen molar-refractivity contribution in [3.05, 3.63) is 48.8 Å². The molecule has 1 fully saturated rings. The second-order valence-corrected chi connectivity index (χ2v) is 5.92. The van der Waals surface area contributed by atoms with Gasteiger partial charge in [-0.15, -0.1) is 0 Å². The Balaban J connectivity index is 1.50. The van der Waals surface area contributed by atoms with Crippen molar-refractivity contribution in [2.45, 2.75) is 6.92 Å². The van der Waals surface area contributed by atoms with Crippen molar-refractivity contribution in [1.29, 1.82) is 0 Å². The number of para-hydroxylation sites is 1. The lowest BCUT2D eigenvalue weighted by Crippen LogP contribution is -2.53. The molecule has 7 nitrogen and oxygen atoms in total. The van der Waals surface area contributed by atoms with Crippen LogP contribution in [0.15, 0.2) is 53.8 Å². The lowest BCUT2D eigenvalue weighted by Gasteiger charge is -2.36. The minimum absolute atomic E-state index is 0.566. The van der Waals surface area contributed by atoms with Crippen LogP contribution in [0.25, 0.3) is 0 Å². The Hall–Kier alpha value is -2.83. The predicted molar refractivity (Wildman–Crippen MR) is 104 cm³/mol. The summed E-state index contributed by atoms with van der Waals surface area (Å²) in [6.45, 7) is 7.68. The molecule has 1 aliphatic heterocycles. The smallest absolute Gasteiger partial charge is 0.225 e. The molecule has 3 rings (SSSR count). The van der Waals surface area contributed by atoms with E-state index in [-0.39, 0.29) is 0 Å². The van der Waals surface area contributed by atoms with Crippen LogP contribution >= 0.6 is 0 Å². The van der Waals surface area contributed by atoms with Crippen LogP contribution in [0.3, 0.4) is 0 Å². The molecule has 0 radical (unpaired) electrons. The number of nitrogens with one attached hydrogen (secondary N) is 1. The third-order valence-corrected chi connectivity index (χ3v) is 4.11. The number of benzene rings is 1. The summed E-state index contributed by atoms with van der Waals surface area (Å²) in [5, 5.41) is 3.38. The van der Waals surface area contributed by atoms with E-state index in [1.807, 2.05) is 36.4 Å². The molecular formula is C19H26N6O. The Kier molecular flexibility index (Phi) is 6.64. The van der Waals surface area contributed by atoms with Crippen molar-refractivity contribution in [3.63, 3.8) is 0 Å². The van der Waals surface area contributed by atoms with Crippen LogP contribution in [0.1, 0.15) is 6.92 Å². The molecule has 1 aromatic carbocycles. The number of nitrogens with zero attached hydrogens (tertiary/aromatic N) is 5. The molecule has 0 atom stereocenters. The van der Waals surface area contributed by atoms with Gasteiger partial charge >= 0.3 is 0 Å². The van der Waals surface area contributed by atoms with Crippen LogP contribution in [0.2, 0.25) is 0 Å². The summed E-state index contributed by atoms with van der Waals surface area (Å²) in [4.78, 5) is 17.9. The van der Waals surface area contributed by atoms with Crippen LogP contribution < -0.4 is 15.0 Å². The van der Waals surface area contributed by atoms with Gasteiger partial charge in [0.25, 0.3) is 0 Å². The molecule has 2 aromatic rings. The van der Waals surface area contributed by atoms with Gasteiger partial charge in [0, 0.05) is 45.1 Å². The molecule has 138 valence electrons. The summed E-state index contributed by atoms with van der Waals surface area (Å²) in [7, 11) is 0. The first kappa shape index (κ1) is 18.0. The third-order valence-electron chi connectivity index (χ3n) is 4.11. The molecule has 2 heterocycles. The lowest BCUT2D eigenvalue weighted by molar-refractivity contribution is 0.325. The lowest BCUT2D eigenvalue weighted by atomic mass is 10.3. The number of piperazine rings is 1. The van der Waals surface area contributed by atoms with E-state index in [1.54, 1.807) is 12.4 Å². The molecule has 0 saturated carbocycles. The van der Waals surface area contributed by atoms with Crippen molar-refractivity contribution < 1.29 is 4.74 Å². The number of hydrogen-bond acceptors (Lipinski definition) is 5. The van der Waals surface area contributed by atoms with Gasteiger partial charge in [-0.2, -0.15) is 0 Å². The number of guanidine groups is 1. The molecule has 0 amide bonds. The Morgan fingerprint density at radius 3 is 2.50 bits per heavy atom. The molecule has 0 aliphatic carbocycles. The average Bonchev–Trinajstić information content (AvgIpc) is 2.72. The van der Waals surface area contributed by atoms with Gasteiger partial charge < -0.3 is 19.9 Å². The summed E-state index contributed by atoms with van der Waals surface area (Å²) >= 11 is 0. The highest BCUT2D eigenvalue weighted by molar-refractivity contribution is 5.80. The largest absolute Gasteiger partial charge is 0.492 e. The second-order valence-electron chi connectivity index (χ2n) is 5.92. The minimum atomic E-state index is 0.566. The SMILES string of the molecule is CCNC(=NCCOc1ccccc1)N1CCN(c2ncccn2)CC1. The monoisotopic (exact) mass is 354 g/mol. The molecule has 26 heavy (non-hydrogen) atoms. The molecule has 7 heteroatoms. The van der Waals surface area contributed by atoms with Gasteiger partial charge in [-0.25, -0.2) is 15.0 Å². The first-order chi connectivity index (χ1) is 12.9. The van der Waals surface area contributed by atoms with E-state index < -0.39 is 0 Å². The summed E-state index contributed by atoms with van der Waals surface area (Å²) in [6, 6.07) is 11.7. The quantitative estimate of drug-likeness (QED) is 0.483. The maximum absolute atomic E-state index is 5.72. The molecule has 0 bridgehead atoms. The van der Waals surface area contributed by atoms with Crippen LogP contribution in [0.5, 0.6) is 5.75 Å². The van der Waals surface area contributed by atoms with E-state index in [2.05, 4.69) is 32.0 Å². The van der Waals surface area contributed by atoms with E-state index >= 15 is 0 Å². The fraction of sp³-hybridized carbons (Fsp3) is 0.421. The van der Waals surface area contributed by atoms with Crippen LogP contribution in [0, 0.1) is 0 Å². The predicted octanol–water partition coefficient (Wildman–Crippen LogP) is 1.64. The van der Waals surface area contributed by atoms with Gasteiger partial charge in [0.2, 0.25) is 5.95 Å². The summed E-state index contributed by atoms with van der Waals surface area (Å²) in [6.07, 6.45) is 3.57. The first-order valence-electron chi connectivity index (χ1n) is 9.10. The number of anilines is 1. The number of hydrogen-bond donors (Lipinski definition) is 1. The second kappa shape index (κ2) is 9.60. The van der Waals surface area contributed by atoms with Crippen molar-refractivity contribution in [3.8, 4) is 5.75 Å². The van der Waals surface area contributed by atoms with Gasteiger partial charge in [0.05, 0.1) is 6.54 Å². The van der Waals surface area contributed by atoms with Gasteiger partial charge in [-0.1, -0.05) is 18.2 Å². The Labute approximate surface area is 154 Å². The average molecular weight is 354 g/mol. The van der Waals surface area contributed by atoms with Gasteiger partial charge in [0.15, 0.2) is 5.96 Å². The zero-order chi connectivity index (χ0) is 18.0. The molecular weight excluding hydrogens is 328 g/mol. The third kappa shape index (κ3) is 5.08. The Bertz CT molecular complexity index is 671. The molecule has 1 N–H and O–H groups in total. The topological polar surface area (TPSA) is 65.9 Å². The van der Waals surface area contributed by atoms with E-state index in [4.69, 9.17) is 9.73 Å². The highest BCUT2D eigenvalue weighted by atomic mass is 16.5. The van der Waals surface area contributed by atoms with Crippen molar-refractivity contribution >= 4 is 11.9 Å². The van der Waals surface area contributed by atoms with E-state index in [0.717, 1.165) is 50.4 Å². The van der Waals surface area contributed by atoms with Crippen molar-refractivity contribution in [2.75, 3.05) is 50.8 Å². The molecule has 1 saturated heterocycles. The van der Waals surface area contributed by atoms with Crippen molar-refractivity contribution in [2.24, 2.45) is 4.99 Å². The highest BCUT2D eigenvalue weighted by Gasteiger charge is 2.20. The number of ether oxygens (including phenoxy) is 1. The van der Waals surface area contributed by atoms with E-state index in [0.29, 0.717) is 13.2 Å². The molecule has 1 aliphatic rings. The highest BCUT2D eigenvalue weighted by Crippen LogP contribution is 2.10. The van der Waals surface area contributed by atoms with E-state index in [1.165, 1.54) is 0 Å². The normalized spacial score (nSPS) is 15.0. The minimum Gasteiger partial charge on any atom is -0.492 e. The maximum atomic E-state index is 5.72. The van der Waals surface area contributed by atoms with Crippen molar-refractivity contribution in [1.82, 2.24) is 20.2 Å². The van der Waals surface area contributed by atoms with Crippen LogP contribution in [-0.4, -0.2) is 66.7 Å². The number of aliphatic imine (C=N–C) groups is 1. The number of aromatic nitrogens is 2. The standard InChI is InChI=1S/C19H26N6O/c1-2-20-18(23-11-16-26-17-7-4-3-5-8-17)24-12-14-25(15-13-24)19-21-9-6-10-22-19/h3-10H,2,11-16H2,1H3,(H,20,23). The van der Waals surface area contributed by atoms with Gasteiger partial charge in [-0.3, -0.25) is 0 Å². The molecule has 1 aromatic heterocycles. The summed E-state index contributed by atoms with van der Waals surface area (Å²) in [5.74, 6) is 2.62.